The van der Waals surface area contributed by atoms with Crippen LogP contribution in [0.3, 0.4) is 0 Å². The molecule has 1 unspecified atom stereocenters. The monoisotopic (exact) mass is 527 g/mol. The lowest BCUT2D eigenvalue weighted by molar-refractivity contribution is -0.141. The Morgan fingerprint density at radius 2 is 1.87 bits per heavy atom. The van der Waals surface area contributed by atoms with Crippen molar-refractivity contribution in [3.63, 3.8) is 0 Å². The minimum absolute atomic E-state index is 0.00846. The zero-order valence-corrected chi connectivity index (χ0v) is 21.5. The van der Waals surface area contributed by atoms with Crippen molar-refractivity contribution in [3.05, 3.63) is 92.3 Å². The Labute approximate surface area is 224 Å². The van der Waals surface area contributed by atoms with Gasteiger partial charge in [-0.15, -0.1) is 0 Å². The van der Waals surface area contributed by atoms with Gasteiger partial charge < -0.3 is 15.2 Å². The molecule has 3 aliphatic rings. The number of nitrogens with zero attached hydrogens (tertiary/aromatic N) is 2. The quantitative estimate of drug-likeness (QED) is 0.405. The van der Waals surface area contributed by atoms with E-state index in [2.05, 4.69) is 15.3 Å². The van der Waals surface area contributed by atoms with Gasteiger partial charge in [0.15, 0.2) is 0 Å². The van der Waals surface area contributed by atoms with E-state index in [1.165, 1.54) is 6.20 Å². The molecule has 2 atom stereocenters. The Morgan fingerprint density at radius 3 is 2.59 bits per heavy atom. The predicted octanol–water partition coefficient (Wildman–Crippen LogP) is 2.25. The Hall–Kier alpha value is -4.47. The molecule has 3 N–H and O–H groups in total. The van der Waals surface area contributed by atoms with E-state index in [-0.39, 0.29) is 18.5 Å². The number of benzene rings is 2. The second-order valence-electron chi connectivity index (χ2n) is 10.7. The molecular formula is C29H29N5O5. The van der Waals surface area contributed by atoms with Crippen LogP contribution in [-0.4, -0.2) is 50.2 Å². The predicted molar refractivity (Wildman–Crippen MR) is 143 cm³/mol. The summed E-state index contributed by atoms with van der Waals surface area (Å²) in [7, 11) is 0. The summed E-state index contributed by atoms with van der Waals surface area (Å²) in [6.45, 7) is 2.13. The maximum Gasteiger partial charge on any atom is 0.325 e. The Bertz CT molecular complexity index is 1590. The molecule has 1 aliphatic heterocycles. The molecule has 10 nitrogen and oxygen atoms in total. The van der Waals surface area contributed by atoms with Crippen molar-refractivity contribution in [2.75, 3.05) is 6.54 Å². The fourth-order valence-electron chi connectivity index (χ4n) is 5.89. The van der Waals surface area contributed by atoms with Crippen molar-refractivity contribution in [1.82, 2.24) is 25.1 Å². The third-order valence-electron chi connectivity index (χ3n) is 8.25. The summed E-state index contributed by atoms with van der Waals surface area (Å²) in [5, 5.41) is 2.87. The molecule has 1 aromatic heterocycles. The van der Waals surface area contributed by atoms with Gasteiger partial charge in [-0.1, -0.05) is 48.5 Å². The van der Waals surface area contributed by atoms with E-state index in [4.69, 9.17) is 0 Å². The first-order chi connectivity index (χ1) is 18.8. The van der Waals surface area contributed by atoms with Crippen molar-refractivity contribution in [2.24, 2.45) is 5.92 Å². The van der Waals surface area contributed by atoms with Crippen molar-refractivity contribution >= 4 is 17.8 Å². The fraction of sp³-hybridized carbons (Fsp3) is 0.345. The van der Waals surface area contributed by atoms with Crippen LogP contribution in [0.25, 0.3) is 11.1 Å². The van der Waals surface area contributed by atoms with Crippen LogP contribution in [-0.2, 0) is 28.1 Å². The standard InChI is InChI=1S/C29H29N5O5/c1-17(19-7-8-19)33(15-18-5-3-2-4-6-18)24(35)16-34-26(37)29(32-28(34)39)12-11-21-13-20(9-10-23(21)29)22-14-30-27(38)31-25(22)36/h2-6,9-10,13-14,17,19H,7-8,11-12,15-16H2,1H3,(H,32,39)(H2,30,31,36,38)/t17-,29?/m0/s1. The zero-order chi connectivity index (χ0) is 27.3. The molecule has 0 bridgehead atoms. The van der Waals surface area contributed by atoms with E-state index in [1.807, 2.05) is 37.3 Å². The first kappa shape index (κ1) is 24.8. The average Bonchev–Trinajstić information content (AvgIpc) is 3.68. The van der Waals surface area contributed by atoms with Gasteiger partial charge in [-0.2, -0.15) is 0 Å². The van der Waals surface area contributed by atoms with E-state index < -0.39 is 28.7 Å². The number of hydrogen-bond acceptors (Lipinski definition) is 5. The van der Waals surface area contributed by atoms with Gasteiger partial charge in [-0.3, -0.25) is 24.3 Å². The highest BCUT2D eigenvalue weighted by molar-refractivity contribution is 6.10. The second-order valence-corrected chi connectivity index (χ2v) is 10.7. The molecule has 0 radical (unpaired) electrons. The molecule has 2 fully saturated rings. The largest absolute Gasteiger partial charge is 0.334 e. The van der Waals surface area contributed by atoms with E-state index in [0.29, 0.717) is 42.0 Å². The van der Waals surface area contributed by atoms with Gasteiger partial charge in [0.1, 0.15) is 12.1 Å². The van der Waals surface area contributed by atoms with Gasteiger partial charge >= 0.3 is 11.7 Å². The smallest absolute Gasteiger partial charge is 0.325 e. The number of aryl methyl sites for hydroxylation is 1. The van der Waals surface area contributed by atoms with Crippen LogP contribution in [0.5, 0.6) is 0 Å². The molecule has 4 amide bonds. The lowest BCUT2D eigenvalue weighted by Gasteiger charge is -2.31. The summed E-state index contributed by atoms with van der Waals surface area (Å²) < 4.78 is 0. The number of nitrogens with one attached hydrogen (secondary N) is 3. The number of imide groups is 1. The summed E-state index contributed by atoms with van der Waals surface area (Å²) in [5.74, 6) is -0.268. The van der Waals surface area contributed by atoms with Gasteiger partial charge in [0.25, 0.3) is 11.5 Å². The maximum absolute atomic E-state index is 13.8. The third kappa shape index (κ3) is 4.35. The Morgan fingerprint density at radius 1 is 1.10 bits per heavy atom. The van der Waals surface area contributed by atoms with Crippen LogP contribution in [0.15, 0.2) is 64.3 Å². The van der Waals surface area contributed by atoms with Gasteiger partial charge in [0.2, 0.25) is 5.91 Å². The summed E-state index contributed by atoms with van der Waals surface area (Å²) >= 11 is 0. The van der Waals surface area contributed by atoms with E-state index in [0.717, 1.165) is 28.9 Å². The normalized spacial score (nSPS) is 20.7. The highest BCUT2D eigenvalue weighted by Gasteiger charge is 2.56. The molecule has 3 aromatic rings. The summed E-state index contributed by atoms with van der Waals surface area (Å²) in [6, 6.07) is 14.4. The van der Waals surface area contributed by atoms with Crippen LogP contribution >= 0.6 is 0 Å². The number of urea groups is 1. The Balaban J connectivity index is 1.24. The molecular weight excluding hydrogens is 498 g/mol. The molecule has 2 aromatic carbocycles. The number of carbonyl (C=O) groups is 3. The SMILES string of the molecule is C[C@@H](C1CC1)N(Cc1ccccc1)C(=O)CN1C(=O)NC2(CCc3cc(-c4c[nH]c(=O)[nH]c4=O)ccc32)C1=O. The minimum Gasteiger partial charge on any atom is -0.334 e. The summed E-state index contributed by atoms with van der Waals surface area (Å²) in [4.78, 5) is 71.6. The van der Waals surface area contributed by atoms with Crippen molar-refractivity contribution in [1.29, 1.82) is 0 Å². The lowest BCUT2D eigenvalue weighted by atomic mass is 9.90. The van der Waals surface area contributed by atoms with Gasteiger partial charge in [0.05, 0.1) is 5.56 Å². The highest BCUT2D eigenvalue weighted by atomic mass is 16.2. The fourth-order valence-corrected chi connectivity index (χ4v) is 5.89. The summed E-state index contributed by atoms with van der Waals surface area (Å²) in [6.07, 6.45) is 4.35. The van der Waals surface area contributed by atoms with E-state index >= 15 is 0 Å². The zero-order valence-electron chi connectivity index (χ0n) is 21.5. The first-order valence-corrected chi connectivity index (χ1v) is 13.2. The molecule has 1 spiro atoms. The van der Waals surface area contributed by atoms with Crippen LogP contribution in [0.4, 0.5) is 4.79 Å². The molecule has 1 saturated heterocycles. The topological polar surface area (TPSA) is 135 Å². The number of carbonyl (C=O) groups excluding carboxylic acids is 3. The van der Waals surface area contributed by atoms with Crippen molar-refractivity contribution in [2.45, 2.75) is 50.7 Å². The number of rotatable bonds is 7. The van der Waals surface area contributed by atoms with E-state index in [1.54, 1.807) is 23.1 Å². The molecule has 1 saturated carbocycles. The summed E-state index contributed by atoms with van der Waals surface area (Å²) in [5.41, 5.74) is 1.03. The lowest BCUT2D eigenvalue weighted by Crippen LogP contribution is -2.47. The average molecular weight is 528 g/mol. The maximum atomic E-state index is 13.8. The molecule has 2 heterocycles. The van der Waals surface area contributed by atoms with Gasteiger partial charge in [-0.05, 0) is 60.8 Å². The molecule has 2 aliphatic carbocycles. The molecule has 39 heavy (non-hydrogen) atoms. The van der Waals surface area contributed by atoms with Crippen LogP contribution in [0.2, 0.25) is 0 Å². The van der Waals surface area contributed by atoms with Crippen LogP contribution < -0.4 is 16.6 Å². The molecule has 200 valence electrons. The number of aromatic nitrogens is 2. The van der Waals surface area contributed by atoms with Gasteiger partial charge in [0, 0.05) is 18.8 Å². The number of H-pyrrole nitrogens is 2. The number of fused-ring (bicyclic) bond motifs is 2. The number of hydrogen-bond donors (Lipinski definition) is 3. The third-order valence-corrected chi connectivity index (χ3v) is 8.25. The Kier molecular flexibility index (Phi) is 5.97. The first-order valence-electron chi connectivity index (χ1n) is 13.2. The van der Waals surface area contributed by atoms with Crippen molar-refractivity contribution in [3.8, 4) is 11.1 Å². The number of aromatic amines is 2. The molecule has 6 rings (SSSR count). The minimum atomic E-state index is -1.24. The van der Waals surface area contributed by atoms with Crippen LogP contribution in [0, 0.1) is 5.92 Å². The highest BCUT2D eigenvalue weighted by Crippen LogP contribution is 2.42. The van der Waals surface area contributed by atoms with Gasteiger partial charge in [-0.25, -0.2) is 9.59 Å². The van der Waals surface area contributed by atoms with Crippen LogP contribution in [0.1, 0.15) is 42.9 Å². The number of amides is 4. The van der Waals surface area contributed by atoms with E-state index in [9.17, 15) is 24.0 Å². The van der Waals surface area contributed by atoms with Crippen molar-refractivity contribution < 1.29 is 14.4 Å². The second kappa shape index (κ2) is 9.37. The molecule has 10 heteroatoms.